The zero-order valence-electron chi connectivity index (χ0n) is 20.1. The molecule has 3 aromatic carbocycles. The fourth-order valence-electron chi connectivity index (χ4n) is 4.45. The molecule has 0 fully saturated rings. The second kappa shape index (κ2) is 10.7. The maximum Gasteiger partial charge on any atom is 0.573 e. The van der Waals surface area contributed by atoms with Crippen molar-refractivity contribution < 1.29 is 40.6 Å². The molecule has 200 valence electrons. The van der Waals surface area contributed by atoms with E-state index in [1.54, 1.807) is 30.3 Å². The molecule has 0 radical (unpaired) electrons. The van der Waals surface area contributed by atoms with Crippen molar-refractivity contribution in [3.63, 3.8) is 0 Å². The third-order valence-corrected chi connectivity index (χ3v) is 6.28. The Morgan fingerprint density at radius 2 is 1.56 bits per heavy atom. The fourth-order valence-corrected chi connectivity index (χ4v) is 4.45. The van der Waals surface area contributed by atoms with Crippen LogP contribution in [0.4, 0.5) is 22.0 Å². The van der Waals surface area contributed by atoms with E-state index in [-0.39, 0.29) is 30.1 Å². The number of hydrogen-bond acceptors (Lipinski definition) is 5. The monoisotopic (exact) mass is 541 g/mol. The third kappa shape index (κ3) is 6.00. The van der Waals surface area contributed by atoms with Gasteiger partial charge in [-0.3, -0.25) is 9.79 Å². The minimum absolute atomic E-state index is 0.0326. The molecular formula is C29H20F5NO4. The molecule has 0 N–H and O–H groups in total. The lowest BCUT2D eigenvalue weighted by Gasteiger charge is -2.17. The summed E-state index contributed by atoms with van der Waals surface area (Å²) in [5, 5.41) is 0. The molecule has 0 saturated heterocycles. The molecule has 2 atom stereocenters. The van der Waals surface area contributed by atoms with Gasteiger partial charge in [-0.1, -0.05) is 42.5 Å². The van der Waals surface area contributed by atoms with Gasteiger partial charge in [-0.25, -0.2) is 8.78 Å². The minimum Gasteiger partial charge on any atom is -0.472 e. The smallest absolute Gasteiger partial charge is 0.472 e. The fraction of sp³-hybridized carbons (Fsp3) is 0.172. The molecule has 1 unspecified atom stereocenters. The highest BCUT2D eigenvalue weighted by molar-refractivity contribution is 6.04. The minimum atomic E-state index is -4.79. The van der Waals surface area contributed by atoms with Gasteiger partial charge in [0.2, 0.25) is 0 Å². The summed E-state index contributed by atoms with van der Waals surface area (Å²) in [6.07, 6.45) is -1.93. The molecule has 4 aromatic rings. The molecule has 1 aliphatic heterocycles. The Bertz CT molecular complexity index is 1460. The molecule has 2 heterocycles. The van der Waals surface area contributed by atoms with Gasteiger partial charge < -0.3 is 13.9 Å². The van der Waals surface area contributed by atoms with E-state index in [1.165, 1.54) is 42.9 Å². The second-order valence-corrected chi connectivity index (χ2v) is 8.86. The number of esters is 1. The predicted molar refractivity (Wildman–Crippen MR) is 131 cm³/mol. The summed E-state index contributed by atoms with van der Waals surface area (Å²) >= 11 is 0. The van der Waals surface area contributed by atoms with Gasteiger partial charge in [0.1, 0.15) is 24.0 Å². The third-order valence-electron chi connectivity index (χ3n) is 6.28. The summed E-state index contributed by atoms with van der Waals surface area (Å²) < 4.78 is 80.7. The van der Waals surface area contributed by atoms with Crippen LogP contribution in [0.3, 0.4) is 0 Å². The number of carbonyl (C=O) groups excluding carboxylic acids is 1. The molecule has 5 rings (SSSR count). The lowest BCUT2D eigenvalue weighted by molar-refractivity contribution is -0.274. The van der Waals surface area contributed by atoms with E-state index in [1.807, 2.05) is 0 Å². The van der Waals surface area contributed by atoms with Gasteiger partial charge in [-0.15, -0.1) is 13.2 Å². The van der Waals surface area contributed by atoms with Crippen LogP contribution < -0.4 is 4.74 Å². The van der Waals surface area contributed by atoms with Gasteiger partial charge in [0.05, 0.1) is 30.0 Å². The van der Waals surface area contributed by atoms with E-state index in [9.17, 15) is 26.7 Å². The lowest BCUT2D eigenvalue weighted by atomic mass is 9.90. The van der Waals surface area contributed by atoms with Crippen molar-refractivity contribution in [2.24, 2.45) is 10.9 Å². The van der Waals surface area contributed by atoms with Crippen LogP contribution in [0.15, 0.2) is 94.7 Å². The van der Waals surface area contributed by atoms with Crippen LogP contribution in [-0.2, 0) is 16.1 Å². The van der Waals surface area contributed by atoms with E-state index in [0.717, 1.165) is 12.1 Å². The molecule has 1 aliphatic rings. The normalized spacial score (nSPS) is 17.1. The first-order valence-corrected chi connectivity index (χ1v) is 11.8. The Hall–Kier alpha value is -4.47. The SMILES string of the molecule is O=C(OCc1ccoc1)C1CC(c2c(F)cccc2F)=N[C@H]1c1ccc(-c2ccc(OC(F)(F)F)cc2)cc1. The first-order valence-electron chi connectivity index (χ1n) is 11.8. The van der Waals surface area contributed by atoms with E-state index < -0.39 is 35.9 Å². The van der Waals surface area contributed by atoms with Crippen molar-refractivity contribution in [2.75, 3.05) is 0 Å². The summed E-state index contributed by atoms with van der Waals surface area (Å²) in [6, 6.07) is 16.6. The van der Waals surface area contributed by atoms with Gasteiger partial charge in [0, 0.05) is 17.7 Å². The number of aliphatic imine (C=N–C) groups is 1. The van der Waals surface area contributed by atoms with Crippen LogP contribution in [0.25, 0.3) is 11.1 Å². The Balaban J connectivity index is 1.41. The Labute approximate surface area is 219 Å². The largest absolute Gasteiger partial charge is 0.573 e. The molecule has 0 bridgehead atoms. The quantitative estimate of drug-likeness (QED) is 0.181. The van der Waals surface area contributed by atoms with Crippen molar-refractivity contribution in [2.45, 2.75) is 25.4 Å². The van der Waals surface area contributed by atoms with Crippen LogP contribution in [0.1, 0.15) is 29.2 Å². The molecule has 5 nitrogen and oxygen atoms in total. The van der Waals surface area contributed by atoms with Crippen LogP contribution in [0.5, 0.6) is 5.75 Å². The number of furan rings is 1. The van der Waals surface area contributed by atoms with E-state index in [4.69, 9.17) is 9.15 Å². The Kier molecular flexibility index (Phi) is 7.19. The Morgan fingerprint density at radius 3 is 2.15 bits per heavy atom. The molecule has 1 aromatic heterocycles. The highest BCUT2D eigenvalue weighted by atomic mass is 19.4. The number of benzene rings is 3. The number of rotatable bonds is 7. The van der Waals surface area contributed by atoms with Gasteiger partial charge in [0.25, 0.3) is 0 Å². The van der Waals surface area contributed by atoms with Crippen molar-refractivity contribution in [1.82, 2.24) is 0 Å². The van der Waals surface area contributed by atoms with Gasteiger partial charge in [0.15, 0.2) is 0 Å². The highest BCUT2D eigenvalue weighted by Gasteiger charge is 2.39. The van der Waals surface area contributed by atoms with Crippen molar-refractivity contribution in [3.8, 4) is 16.9 Å². The van der Waals surface area contributed by atoms with E-state index >= 15 is 0 Å². The second-order valence-electron chi connectivity index (χ2n) is 8.86. The first kappa shape index (κ1) is 26.1. The molecule has 0 saturated carbocycles. The molecule has 10 heteroatoms. The van der Waals surface area contributed by atoms with Crippen LogP contribution >= 0.6 is 0 Å². The highest BCUT2D eigenvalue weighted by Crippen LogP contribution is 2.39. The molecule has 0 amide bonds. The number of halogens is 5. The van der Waals surface area contributed by atoms with E-state index in [2.05, 4.69) is 9.73 Å². The van der Waals surface area contributed by atoms with Crippen LogP contribution in [-0.4, -0.2) is 18.0 Å². The number of hydrogen-bond donors (Lipinski definition) is 0. The average molecular weight is 541 g/mol. The summed E-state index contributed by atoms with van der Waals surface area (Å²) in [7, 11) is 0. The number of ether oxygens (including phenoxy) is 2. The molecule has 39 heavy (non-hydrogen) atoms. The van der Waals surface area contributed by atoms with Gasteiger partial charge in [-0.2, -0.15) is 0 Å². The molecule has 0 aliphatic carbocycles. The zero-order chi connectivity index (χ0) is 27.6. The molecular weight excluding hydrogens is 521 g/mol. The Morgan fingerprint density at radius 1 is 0.923 bits per heavy atom. The topological polar surface area (TPSA) is 61.0 Å². The number of carbonyl (C=O) groups is 1. The molecule has 0 spiro atoms. The predicted octanol–water partition coefficient (Wildman–Crippen LogP) is 7.42. The first-order chi connectivity index (χ1) is 18.7. The van der Waals surface area contributed by atoms with Crippen molar-refractivity contribution in [1.29, 1.82) is 0 Å². The van der Waals surface area contributed by atoms with Gasteiger partial charge in [-0.05, 0) is 47.0 Å². The average Bonchev–Trinajstić information content (AvgIpc) is 3.58. The van der Waals surface area contributed by atoms with E-state index in [0.29, 0.717) is 22.3 Å². The van der Waals surface area contributed by atoms with Crippen molar-refractivity contribution >= 4 is 11.7 Å². The van der Waals surface area contributed by atoms with Crippen LogP contribution in [0, 0.1) is 17.6 Å². The van der Waals surface area contributed by atoms with Crippen LogP contribution in [0.2, 0.25) is 0 Å². The zero-order valence-corrected chi connectivity index (χ0v) is 20.1. The standard InChI is InChI=1S/C29H20F5NO4/c30-23-2-1-3-24(31)26(23)25-14-22(28(36)38-16-17-12-13-37-15-17)27(35-25)20-6-4-18(5-7-20)19-8-10-21(11-9-19)39-29(32,33)34/h1-13,15,22,27H,14,16H2/t22?,27-/m0/s1. The maximum absolute atomic E-state index is 14.5. The summed E-state index contributed by atoms with van der Waals surface area (Å²) in [4.78, 5) is 17.6. The van der Waals surface area contributed by atoms with Gasteiger partial charge >= 0.3 is 12.3 Å². The summed E-state index contributed by atoms with van der Waals surface area (Å²) in [5.41, 5.74) is 2.41. The van der Waals surface area contributed by atoms with Crippen molar-refractivity contribution in [3.05, 3.63) is 114 Å². The maximum atomic E-state index is 14.5. The number of alkyl halides is 3. The number of nitrogens with zero attached hydrogens (tertiary/aromatic N) is 1. The summed E-state index contributed by atoms with van der Waals surface area (Å²) in [5.74, 6) is -3.33. The summed E-state index contributed by atoms with van der Waals surface area (Å²) in [6.45, 7) is -0.0328. The lowest BCUT2D eigenvalue weighted by Crippen LogP contribution is -2.22.